The maximum atomic E-state index is 14.6. The monoisotopic (exact) mass is 407 g/mol. The Hall–Kier alpha value is -3.52. The Bertz CT molecular complexity index is 1350. The number of nitrogens with two attached hydrogens (primary N) is 1. The molecule has 0 aliphatic carbocycles. The number of nitrogens with zero attached hydrogens (tertiary/aromatic N) is 6. The summed E-state index contributed by atoms with van der Waals surface area (Å²) < 4.78 is 16.4. The molecule has 0 saturated carbocycles. The van der Waals surface area contributed by atoms with Gasteiger partial charge in [-0.2, -0.15) is 0 Å². The van der Waals surface area contributed by atoms with Crippen molar-refractivity contribution in [3.05, 3.63) is 76.5 Å². The van der Waals surface area contributed by atoms with Crippen LogP contribution in [0.25, 0.3) is 17.4 Å². The molecule has 2 N–H and O–H groups in total. The molecule has 1 aliphatic heterocycles. The lowest BCUT2D eigenvalue weighted by molar-refractivity contribution is 0.544. The molecule has 9 heteroatoms. The molecule has 3 heterocycles. The van der Waals surface area contributed by atoms with Gasteiger partial charge in [0.1, 0.15) is 23.8 Å². The molecule has 1 atom stereocenters. The number of hydrogen-bond acceptors (Lipinski definition) is 6. The minimum Gasteiger partial charge on any atom is -0.382 e. The van der Waals surface area contributed by atoms with Crippen molar-refractivity contribution < 1.29 is 4.39 Å². The first-order valence-corrected chi connectivity index (χ1v) is 9.28. The fourth-order valence-corrected chi connectivity index (χ4v) is 3.66. The van der Waals surface area contributed by atoms with Gasteiger partial charge in [-0.1, -0.05) is 29.8 Å². The first kappa shape index (κ1) is 17.6. The molecule has 144 valence electrons. The van der Waals surface area contributed by atoms with Crippen molar-refractivity contribution in [1.29, 1.82) is 0 Å². The van der Waals surface area contributed by atoms with E-state index < -0.39 is 6.17 Å². The molecule has 0 spiro atoms. The molecule has 2 aromatic carbocycles. The van der Waals surface area contributed by atoms with Crippen molar-refractivity contribution >= 4 is 40.5 Å². The van der Waals surface area contributed by atoms with Gasteiger partial charge in [0.2, 0.25) is 0 Å². The molecule has 5 rings (SSSR count). The number of hydrogen-bond donors (Lipinski definition) is 1. The zero-order valence-corrected chi connectivity index (χ0v) is 15.8. The molecule has 7 nitrogen and oxygen atoms in total. The summed E-state index contributed by atoms with van der Waals surface area (Å²) in [5.41, 5.74) is 7.41. The maximum Gasteiger partial charge on any atom is 0.165 e. The van der Waals surface area contributed by atoms with E-state index >= 15 is 0 Å². The standard InChI is InChI=1S/C20H15ClFN7/c21-13-4-3-6-15-12(13)8-29(16-7-2-1-5-14(16)22)17(27-15)9-28-11-26-18-19(23)24-10-25-20(18)28/h1-8,10-11,17H,9H2,(H2,23,24,25). The number of anilines is 2. The number of benzene rings is 2. The van der Waals surface area contributed by atoms with Crippen LogP contribution in [-0.4, -0.2) is 25.7 Å². The lowest BCUT2D eigenvalue weighted by Gasteiger charge is -2.30. The third-order valence-electron chi connectivity index (χ3n) is 4.83. The predicted molar refractivity (Wildman–Crippen MR) is 109 cm³/mol. The Kier molecular flexibility index (Phi) is 4.13. The van der Waals surface area contributed by atoms with Gasteiger partial charge in [0.05, 0.1) is 28.9 Å². The van der Waals surface area contributed by atoms with Crippen molar-refractivity contribution in [2.24, 2.45) is 4.99 Å². The molecule has 1 unspecified atom stereocenters. The molecule has 2 aromatic heterocycles. The van der Waals surface area contributed by atoms with Gasteiger partial charge in [0.15, 0.2) is 11.5 Å². The summed E-state index contributed by atoms with van der Waals surface area (Å²) in [4.78, 5) is 19.2. The second kappa shape index (κ2) is 6.82. The van der Waals surface area contributed by atoms with Crippen LogP contribution in [0.4, 0.5) is 15.9 Å². The Balaban J connectivity index is 1.66. The molecule has 0 fully saturated rings. The highest BCUT2D eigenvalue weighted by atomic mass is 35.5. The minimum absolute atomic E-state index is 0.309. The smallest absolute Gasteiger partial charge is 0.165 e. The third kappa shape index (κ3) is 2.98. The van der Waals surface area contributed by atoms with Crippen LogP contribution < -0.4 is 21.2 Å². The summed E-state index contributed by atoms with van der Waals surface area (Å²) >= 11 is 6.36. The van der Waals surface area contributed by atoms with Crippen LogP contribution in [0.2, 0.25) is 5.02 Å². The number of para-hydroxylation sites is 1. The Morgan fingerprint density at radius 2 is 1.93 bits per heavy atom. The van der Waals surface area contributed by atoms with Gasteiger partial charge in [0.25, 0.3) is 0 Å². The molecule has 4 aromatic rings. The Morgan fingerprint density at radius 1 is 1.07 bits per heavy atom. The van der Waals surface area contributed by atoms with Crippen LogP contribution >= 0.6 is 11.6 Å². The minimum atomic E-state index is -0.438. The van der Waals surface area contributed by atoms with Crippen LogP contribution in [0.1, 0.15) is 0 Å². The van der Waals surface area contributed by atoms with E-state index in [0.29, 0.717) is 34.2 Å². The number of halogens is 2. The number of nitrogen functional groups attached to an aromatic ring is 1. The van der Waals surface area contributed by atoms with Crippen molar-refractivity contribution in [2.75, 3.05) is 10.6 Å². The van der Waals surface area contributed by atoms with Gasteiger partial charge >= 0.3 is 0 Å². The van der Waals surface area contributed by atoms with Crippen LogP contribution in [0.5, 0.6) is 0 Å². The van der Waals surface area contributed by atoms with E-state index in [1.54, 1.807) is 35.5 Å². The van der Waals surface area contributed by atoms with E-state index in [4.69, 9.17) is 22.3 Å². The second-order valence-electron chi connectivity index (χ2n) is 6.60. The zero-order chi connectivity index (χ0) is 20.0. The van der Waals surface area contributed by atoms with Crippen molar-refractivity contribution in [1.82, 2.24) is 19.5 Å². The topological polar surface area (TPSA) is 85.2 Å². The largest absolute Gasteiger partial charge is 0.382 e. The van der Waals surface area contributed by atoms with Gasteiger partial charge < -0.3 is 15.2 Å². The molecular formula is C20H15ClFN7. The van der Waals surface area contributed by atoms with Crippen LogP contribution in [0.3, 0.4) is 0 Å². The lowest BCUT2D eigenvalue weighted by atomic mass is 10.2. The molecule has 0 radical (unpaired) electrons. The van der Waals surface area contributed by atoms with Gasteiger partial charge in [-0.05, 0) is 24.3 Å². The Morgan fingerprint density at radius 3 is 2.79 bits per heavy atom. The average molecular weight is 408 g/mol. The normalized spacial score (nSPS) is 15.7. The highest BCUT2D eigenvalue weighted by Crippen LogP contribution is 2.25. The fourth-order valence-electron chi connectivity index (χ4n) is 3.44. The van der Waals surface area contributed by atoms with E-state index in [1.807, 2.05) is 22.9 Å². The summed E-state index contributed by atoms with van der Waals surface area (Å²) in [6.45, 7) is 0.379. The SMILES string of the molecule is Nc1ncnc2c1ncn2CC1N=c2cccc(Cl)c2=CN1c1ccccc1F. The van der Waals surface area contributed by atoms with E-state index in [-0.39, 0.29) is 5.82 Å². The highest BCUT2D eigenvalue weighted by molar-refractivity contribution is 6.30. The van der Waals surface area contributed by atoms with Crippen molar-refractivity contribution in [3.8, 4) is 0 Å². The summed E-state index contributed by atoms with van der Waals surface area (Å²) in [5, 5.41) is 2.05. The number of rotatable bonds is 3. The van der Waals surface area contributed by atoms with Crippen molar-refractivity contribution in [2.45, 2.75) is 12.7 Å². The maximum absolute atomic E-state index is 14.6. The summed E-state index contributed by atoms with van der Waals surface area (Å²) in [6, 6.07) is 12.1. The Labute approximate surface area is 169 Å². The van der Waals surface area contributed by atoms with Crippen LogP contribution in [-0.2, 0) is 6.54 Å². The quantitative estimate of drug-likeness (QED) is 0.562. The second-order valence-corrected chi connectivity index (χ2v) is 7.01. The highest BCUT2D eigenvalue weighted by Gasteiger charge is 2.24. The molecular weight excluding hydrogens is 393 g/mol. The average Bonchev–Trinajstić information content (AvgIpc) is 3.13. The molecule has 0 saturated heterocycles. The first-order chi connectivity index (χ1) is 14.1. The van der Waals surface area contributed by atoms with E-state index in [0.717, 1.165) is 10.6 Å². The van der Waals surface area contributed by atoms with Gasteiger partial charge in [-0.15, -0.1) is 0 Å². The van der Waals surface area contributed by atoms with Crippen LogP contribution in [0.15, 0.2) is 60.1 Å². The fraction of sp³-hybridized carbons (Fsp3) is 0.100. The first-order valence-electron chi connectivity index (χ1n) is 8.90. The lowest BCUT2D eigenvalue weighted by Crippen LogP contribution is -2.44. The number of aromatic nitrogens is 4. The van der Waals surface area contributed by atoms with E-state index in [1.165, 1.54) is 12.4 Å². The third-order valence-corrected chi connectivity index (χ3v) is 5.16. The van der Waals surface area contributed by atoms with Gasteiger partial charge in [0, 0.05) is 11.4 Å². The molecule has 1 aliphatic rings. The summed E-state index contributed by atoms with van der Waals surface area (Å²) in [7, 11) is 0. The summed E-state index contributed by atoms with van der Waals surface area (Å²) in [6.07, 6.45) is 4.42. The van der Waals surface area contributed by atoms with Crippen LogP contribution in [0, 0.1) is 5.82 Å². The van der Waals surface area contributed by atoms with E-state index in [9.17, 15) is 4.39 Å². The molecule has 0 bridgehead atoms. The molecule has 29 heavy (non-hydrogen) atoms. The summed E-state index contributed by atoms with van der Waals surface area (Å²) in [5.74, 6) is -0.0366. The van der Waals surface area contributed by atoms with Crippen molar-refractivity contribution in [3.63, 3.8) is 0 Å². The van der Waals surface area contributed by atoms with Gasteiger partial charge in [-0.25, -0.2) is 19.3 Å². The zero-order valence-electron chi connectivity index (χ0n) is 15.1. The number of fused-ring (bicyclic) bond motifs is 2. The molecule has 0 amide bonds. The number of imidazole rings is 1. The predicted octanol–water partition coefficient (Wildman–Crippen LogP) is 2.11. The van der Waals surface area contributed by atoms with E-state index in [2.05, 4.69) is 15.0 Å². The van der Waals surface area contributed by atoms with Gasteiger partial charge in [-0.3, -0.25) is 4.99 Å².